The Hall–Kier alpha value is -2.54. The van der Waals surface area contributed by atoms with Crippen molar-refractivity contribution in [1.29, 1.82) is 0 Å². The van der Waals surface area contributed by atoms with Crippen LogP contribution in [0.2, 0.25) is 0 Å². The molecule has 2 aromatic rings. The molecule has 1 aliphatic rings. The molecule has 0 aliphatic carbocycles. The highest BCUT2D eigenvalue weighted by molar-refractivity contribution is 5.96. The molecule has 3 rings (SSSR count). The van der Waals surface area contributed by atoms with Crippen molar-refractivity contribution in [3.8, 4) is 11.3 Å². The van der Waals surface area contributed by atoms with Crippen molar-refractivity contribution in [2.45, 2.75) is 12.5 Å². The molecule has 0 bridgehead atoms. The Bertz CT molecular complexity index is 728. The van der Waals surface area contributed by atoms with Gasteiger partial charge in [-0.1, -0.05) is 0 Å². The molecule has 1 atom stereocenters. The Morgan fingerprint density at radius 3 is 2.96 bits per heavy atom. The van der Waals surface area contributed by atoms with Gasteiger partial charge in [-0.3, -0.25) is 4.68 Å². The second kappa shape index (κ2) is 6.29. The van der Waals surface area contributed by atoms with E-state index in [2.05, 4.69) is 10.4 Å². The van der Waals surface area contributed by atoms with Crippen LogP contribution in [-0.4, -0.2) is 42.1 Å². The number of esters is 1. The standard InChI is InChI=1S/C16H20N4O3.H2/c1-20-5-3-13(19-20)12-7-10(16(21)22-2)8-14(15(12)17)18-9-11-4-6-23-11;/h3,5,7-8,11,18H,4,6,9,17H2,1-2H3;1H. The number of nitrogen functional groups attached to an aromatic ring is 1. The van der Waals surface area contributed by atoms with Crippen LogP contribution in [0.5, 0.6) is 0 Å². The molecular weight excluding hydrogens is 296 g/mol. The van der Waals surface area contributed by atoms with Crippen molar-refractivity contribution >= 4 is 17.3 Å². The summed E-state index contributed by atoms with van der Waals surface area (Å²) < 4.78 is 11.9. The van der Waals surface area contributed by atoms with Gasteiger partial charge in [0.15, 0.2) is 0 Å². The minimum Gasteiger partial charge on any atom is -0.465 e. The predicted molar refractivity (Wildman–Crippen MR) is 89.4 cm³/mol. The Balaban J connectivity index is 0.00000208. The van der Waals surface area contributed by atoms with Crippen LogP contribution in [0.3, 0.4) is 0 Å². The van der Waals surface area contributed by atoms with E-state index in [0.717, 1.165) is 13.0 Å². The van der Waals surface area contributed by atoms with E-state index < -0.39 is 5.97 Å². The summed E-state index contributed by atoms with van der Waals surface area (Å²) in [6.45, 7) is 1.44. The maximum atomic E-state index is 11.9. The number of nitrogens with one attached hydrogen (secondary N) is 1. The van der Waals surface area contributed by atoms with Crippen LogP contribution in [0.4, 0.5) is 11.4 Å². The van der Waals surface area contributed by atoms with Crippen molar-refractivity contribution in [1.82, 2.24) is 9.78 Å². The molecule has 7 nitrogen and oxygen atoms in total. The minimum atomic E-state index is -0.412. The van der Waals surface area contributed by atoms with Crippen molar-refractivity contribution in [3.63, 3.8) is 0 Å². The number of aryl methyl sites for hydroxylation is 1. The largest absolute Gasteiger partial charge is 0.465 e. The summed E-state index contributed by atoms with van der Waals surface area (Å²) in [5, 5.41) is 7.62. The van der Waals surface area contributed by atoms with E-state index in [-0.39, 0.29) is 7.53 Å². The Labute approximate surface area is 135 Å². The SMILES string of the molecule is COC(=O)c1cc(NCC2CCO2)c(N)c(-c2ccn(C)n2)c1.[HH]. The number of hydrogen-bond acceptors (Lipinski definition) is 6. The Kier molecular flexibility index (Phi) is 4.20. The molecule has 1 fully saturated rings. The highest BCUT2D eigenvalue weighted by atomic mass is 16.5. The van der Waals surface area contributed by atoms with E-state index >= 15 is 0 Å². The van der Waals surface area contributed by atoms with Crippen LogP contribution in [-0.2, 0) is 16.5 Å². The summed E-state index contributed by atoms with van der Waals surface area (Å²) in [4.78, 5) is 11.9. The third-order valence-corrected chi connectivity index (χ3v) is 3.90. The Morgan fingerprint density at radius 2 is 2.39 bits per heavy atom. The van der Waals surface area contributed by atoms with Gasteiger partial charge >= 0.3 is 5.97 Å². The molecule has 1 aliphatic heterocycles. The monoisotopic (exact) mass is 318 g/mol. The van der Waals surface area contributed by atoms with Crippen LogP contribution in [0, 0.1) is 0 Å². The highest BCUT2D eigenvalue weighted by Crippen LogP contribution is 2.33. The number of nitrogens with zero attached hydrogens (tertiary/aromatic N) is 2. The fourth-order valence-corrected chi connectivity index (χ4v) is 2.48. The first-order chi connectivity index (χ1) is 11.1. The predicted octanol–water partition coefficient (Wildman–Crippen LogP) is 1.90. The average molecular weight is 318 g/mol. The molecular formula is C16H22N4O3. The summed E-state index contributed by atoms with van der Waals surface area (Å²) in [5.41, 5.74) is 9.35. The fourth-order valence-electron chi connectivity index (χ4n) is 2.48. The number of carbonyl (C=O) groups excluding carboxylic acids is 1. The van der Waals surface area contributed by atoms with Crippen LogP contribution < -0.4 is 11.1 Å². The van der Waals surface area contributed by atoms with Crippen molar-refractivity contribution in [3.05, 3.63) is 30.0 Å². The second-order valence-corrected chi connectivity index (χ2v) is 5.51. The molecule has 0 amide bonds. The molecule has 2 heterocycles. The zero-order valence-corrected chi connectivity index (χ0v) is 13.2. The van der Waals surface area contributed by atoms with Crippen LogP contribution >= 0.6 is 0 Å². The van der Waals surface area contributed by atoms with Gasteiger partial charge in [0.2, 0.25) is 0 Å². The van der Waals surface area contributed by atoms with E-state index in [1.165, 1.54) is 7.11 Å². The molecule has 1 aromatic carbocycles. The van der Waals surface area contributed by atoms with Gasteiger partial charge in [-0.2, -0.15) is 5.10 Å². The summed E-state index contributed by atoms with van der Waals surface area (Å²) in [5.74, 6) is -0.412. The van der Waals surface area contributed by atoms with Gasteiger partial charge in [-0.15, -0.1) is 0 Å². The third-order valence-electron chi connectivity index (χ3n) is 3.90. The molecule has 124 valence electrons. The number of aromatic nitrogens is 2. The second-order valence-electron chi connectivity index (χ2n) is 5.51. The van der Waals surface area contributed by atoms with Gasteiger partial charge in [0.1, 0.15) is 0 Å². The third kappa shape index (κ3) is 3.14. The number of methoxy groups -OCH3 is 1. The molecule has 0 spiro atoms. The number of nitrogens with two attached hydrogens (primary N) is 1. The number of carbonyl (C=O) groups is 1. The Morgan fingerprint density at radius 1 is 1.61 bits per heavy atom. The lowest BCUT2D eigenvalue weighted by molar-refractivity contribution is -0.0410. The molecule has 0 radical (unpaired) electrons. The van der Waals surface area contributed by atoms with Gasteiger partial charge in [0.25, 0.3) is 0 Å². The van der Waals surface area contributed by atoms with Crippen LogP contribution in [0.15, 0.2) is 24.4 Å². The van der Waals surface area contributed by atoms with E-state index in [4.69, 9.17) is 15.2 Å². The maximum Gasteiger partial charge on any atom is 0.337 e. The lowest BCUT2D eigenvalue weighted by atomic mass is 10.0. The van der Waals surface area contributed by atoms with Crippen LogP contribution in [0.1, 0.15) is 18.2 Å². The molecule has 7 heteroatoms. The molecule has 3 N–H and O–H groups in total. The lowest BCUT2D eigenvalue weighted by Gasteiger charge is -2.27. The highest BCUT2D eigenvalue weighted by Gasteiger charge is 2.20. The summed E-state index contributed by atoms with van der Waals surface area (Å²) in [6, 6.07) is 5.26. The minimum absolute atomic E-state index is 0. The summed E-state index contributed by atoms with van der Waals surface area (Å²) in [7, 11) is 3.19. The lowest BCUT2D eigenvalue weighted by Crippen LogP contribution is -2.33. The van der Waals surface area contributed by atoms with Gasteiger partial charge in [0, 0.05) is 33.4 Å². The number of hydrogen-bond donors (Lipinski definition) is 2. The molecule has 0 saturated carbocycles. The van der Waals surface area contributed by atoms with Gasteiger partial charge in [-0.25, -0.2) is 4.79 Å². The smallest absolute Gasteiger partial charge is 0.337 e. The van der Waals surface area contributed by atoms with E-state index in [9.17, 15) is 4.79 Å². The van der Waals surface area contributed by atoms with Gasteiger partial charge < -0.3 is 20.5 Å². The van der Waals surface area contributed by atoms with Crippen molar-refractivity contribution < 1.29 is 15.7 Å². The van der Waals surface area contributed by atoms with E-state index in [1.807, 2.05) is 19.3 Å². The van der Waals surface area contributed by atoms with Gasteiger partial charge in [-0.05, 0) is 24.6 Å². The van der Waals surface area contributed by atoms with Gasteiger partial charge in [0.05, 0.1) is 35.8 Å². The summed E-state index contributed by atoms with van der Waals surface area (Å²) >= 11 is 0. The van der Waals surface area contributed by atoms with E-state index in [1.54, 1.807) is 16.8 Å². The topological polar surface area (TPSA) is 91.4 Å². The van der Waals surface area contributed by atoms with Crippen molar-refractivity contribution in [2.75, 3.05) is 31.3 Å². The van der Waals surface area contributed by atoms with Crippen LogP contribution in [0.25, 0.3) is 11.3 Å². The first-order valence-corrected chi connectivity index (χ1v) is 7.46. The summed E-state index contributed by atoms with van der Waals surface area (Å²) in [6.07, 6.45) is 3.04. The average Bonchev–Trinajstić information content (AvgIpc) is 2.92. The normalized spacial score (nSPS) is 16.7. The molecule has 1 aromatic heterocycles. The number of ether oxygens (including phenoxy) is 2. The zero-order chi connectivity index (χ0) is 16.4. The van der Waals surface area contributed by atoms with E-state index in [0.29, 0.717) is 34.7 Å². The first-order valence-electron chi connectivity index (χ1n) is 7.46. The maximum absolute atomic E-state index is 11.9. The number of rotatable bonds is 5. The number of anilines is 2. The molecule has 23 heavy (non-hydrogen) atoms. The number of benzene rings is 1. The fraction of sp³-hybridized carbons (Fsp3) is 0.375. The molecule has 1 unspecified atom stereocenters. The first kappa shape index (κ1) is 15.4. The van der Waals surface area contributed by atoms with Crippen molar-refractivity contribution in [2.24, 2.45) is 7.05 Å². The zero-order valence-electron chi connectivity index (χ0n) is 13.2. The quantitative estimate of drug-likeness (QED) is 0.646. The molecule has 1 saturated heterocycles.